The summed E-state index contributed by atoms with van der Waals surface area (Å²) < 4.78 is 12.0. The minimum Gasteiger partial charge on any atom is -0.486 e. The number of halogens is 1. The van der Waals surface area contributed by atoms with Crippen LogP contribution in [-0.4, -0.2) is 36.8 Å². The van der Waals surface area contributed by atoms with Gasteiger partial charge in [-0.15, -0.1) is 0 Å². The van der Waals surface area contributed by atoms with Crippen molar-refractivity contribution in [3.63, 3.8) is 0 Å². The van der Waals surface area contributed by atoms with Gasteiger partial charge < -0.3 is 14.4 Å². The van der Waals surface area contributed by atoms with E-state index in [1.54, 1.807) is 4.90 Å². The molecule has 0 unspecified atom stereocenters. The monoisotopic (exact) mass is 325 g/mol. The van der Waals surface area contributed by atoms with E-state index in [0.29, 0.717) is 19.1 Å². The quantitative estimate of drug-likeness (QED) is 0.796. The number of nitrogens with zero attached hydrogens (tertiary/aromatic N) is 1. The molecule has 2 aliphatic heterocycles. The van der Waals surface area contributed by atoms with Gasteiger partial charge in [-0.05, 0) is 35.3 Å². The average molecular weight is 326 g/mol. The van der Waals surface area contributed by atoms with E-state index in [-0.39, 0.29) is 12.2 Å². The van der Waals surface area contributed by atoms with Gasteiger partial charge in [-0.25, -0.2) is 4.79 Å². The topological polar surface area (TPSA) is 38.8 Å². The van der Waals surface area contributed by atoms with Crippen LogP contribution in [0.1, 0.15) is 24.8 Å². The first kappa shape index (κ1) is 12.8. The Morgan fingerprint density at radius 1 is 1.58 bits per heavy atom. The Labute approximate surface area is 120 Å². The van der Waals surface area contributed by atoms with Crippen molar-refractivity contribution in [2.75, 3.05) is 19.7 Å². The first-order valence-corrected chi connectivity index (χ1v) is 7.36. The second-order valence-corrected chi connectivity index (χ2v) is 5.71. The lowest BCUT2D eigenvalue weighted by Crippen LogP contribution is -2.46. The molecule has 2 heterocycles. The molecule has 0 spiro atoms. The summed E-state index contributed by atoms with van der Waals surface area (Å²) in [5.74, 6) is 1.32. The third-order valence-corrected chi connectivity index (χ3v) is 4.38. The van der Waals surface area contributed by atoms with Crippen molar-refractivity contribution in [3.8, 4) is 5.75 Å². The van der Waals surface area contributed by atoms with Gasteiger partial charge in [0.2, 0.25) is 0 Å². The molecule has 0 bridgehead atoms. The highest BCUT2D eigenvalue weighted by atomic mass is 79.9. The molecule has 2 aliphatic rings. The fourth-order valence-electron chi connectivity index (χ4n) is 2.87. The molecule has 102 valence electrons. The van der Waals surface area contributed by atoms with Crippen LogP contribution in [0.5, 0.6) is 5.75 Å². The molecule has 0 radical (unpaired) electrons. The van der Waals surface area contributed by atoms with Gasteiger partial charge in [-0.3, -0.25) is 0 Å². The first-order chi connectivity index (χ1) is 9.20. The second-order valence-electron chi connectivity index (χ2n) is 4.85. The third-order valence-electron chi connectivity index (χ3n) is 3.75. The molecule has 4 nitrogen and oxygen atoms in total. The number of benzene rings is 1. The minimum atomic E-state index is -0.237. The molecular formula is C14H16BrNO3. The van der Waals surface area contributed by atoms with Crippen LogP contribution in [-0.2, 0) is 4.74 Å². The Morgan fingerprint density at radius 2 is 2.42 bits per heavy atom. The van der Waals surface area contributed by atoms with Gasteiger partial charge in [-0.2, -0.15) is 0 Å². The summed E-state index contributed by atoms with van der Waals surface area (Å²) in [5, 5.41) is 0. The lowest BCUT2D eigenvalue weighted by molar-refractivity contribution is 0.0622. The summed E-state index contributed by atoms with van der Waals surface area (Å²) >= 11 is 3.52. The van der Waals surface area contributed by atoms with Gasteiger partial charge in [0.05, 0.1) is 17.6 Å². The van der Waals surface area contributed by atoms with E-state index in [0.717, 1.165) is 23.2 Å². The van der Waals surface area contributed by atoms with Gasteiger partial charge in [0.15, 0.2) is 0 Å². The third kappa shape index (κ3) is 2.20. The van der Waals surface area contributed by atoms with Crippen LogP contribution in [0.25, 0.3) is 0 Å². The van der Waals surface area contributed by atoms with Gasteiger partial charge in [0, 0.05) is 18.0 Å². The molecule has 5 heteroatoms. The zero-order valence-corrected chi connectivity index (χ0v) is 12.4. The zero-order chi connectivity index (χ0) is 13.4. The van der Waals surface area contributed by atoms with Crippen LogP contribution in [0.3, 0.4) is 0 Å². The summed E-state index contributed by atoms with van der Waals surface area (Å²) in [6.07, 6.45) is 0.735. The Kier molecular flexibility index (Phi) is 3.39. The van der Waals surface area contributed by atoms with Crippen LogP contribution in [0.2, 0.25) is 0 Å². The highest BCUT2D eigenvalue weighted by Crippen LogP contribution is 2.46. The molecule has 0 saturated carbocycles. The van der Waals surface area contributed by atoms with Crippen molar-refractivity contribution in [1.29, 1.82) is 0 Å². The molecule has 1 aromatic rings. The number of carbonyl (C=O) groups is 1. The minimum absolute atomic E-state index is 0.0480. The summed E-state index contributed by atoms with van der Waals surface area (Å²) in [6.45, 7) is 3.57. The maximum atomic E-state index is 11.8. The van der Waals surface area contributed by atoms with Crippen LogP contribution >= 0.6 is 15.9 Å². The van der Waals surface area contributed by atoms with E-state index in [1.807, 2.05) is 19.1 Å². The smallest absolute Gasteiger partial charge is 0.409 e. The predicted molar refractivity (Wildman–Crippen MR) is 74.5 cm³/mol. The number of para-hydroxylation sites is 1. The maximum Gasteiger partial charge on any atom is 0.409 e. The lowest BCUT2D eigenvalue weighted by Gasteiger charge is -2.33. The Bertz CT molecular complexity index is 505. The summed E-state index contributed by atoms with van der Waals surface area (Å²) in [7, 11) is 0. The number of hydrogen-bond acceptors (Lipinski definition) is 3. The van der Waals surface area contributed by atoms with Gasteiger partial charge in [-0.1, -0.05) is 12.1 Å². The van der Waals surface area contributed by atoms with E-state index < -0.39 is 0 Å². The Balaban J connectivity index is 1.77. The Hall–Kier alpha value is -1.23. The van der Waals surface area contributed by atoms with Crippen molar-refractivity contribution in [1.82, 2.24) is 4.90 Å². The van der Waals surface area contributed by atoms with E-state index >= 15 is 0 Å². The van der Waals surface area contributed by atoms with Crippen molar-refractivity contribution in [2.45, 2.75) is 25.4 Å². The molecule has 1 saturated heterocycles. The number of carbonyl (C=O) groups excluding carboxylic acids is 1. The fraction of sp³-hybridized carbons (Fsp3) is 0.500. The zero-order valence-electron chi connectivity index (χ0n) is 10.8. The predicted octanol–water partition coefficient (Wildman–Crippen LogP) is 3.16. The molecule has 1 fully saturated rings. The first-order valence-electron chi connectivity index (χ1n) is 6.57. The number of ether oxygens (including phenoxy) is 2. The number of hydrogen-bond donors (Lipinski definition) is 0. The van der Waals surface area contributed by atoms with Crippen molar-refractivity contribution in [3.05, 3.63) is 28.2 Å². The molecule has 0 aliphatic carbocycles. The average Bonchev–Trinajstić information content (AvgIpc) is 2.78. The van der Waals surface area contributed by atoms with Gasteiger partial charge in [0.25, 0.3) is 0 Å². The lowest BCUT2D eigenvalue weighted by atomic mass is 9.89. The Morgan fingerprint density at radius 3 is 3.21 bits per heavy atom. The van der Waals surface area contributed by atoms with E-state index in [4.69, 9.17) is 9.47 Å². The highest BCUT2D eigenvalue weighted by Gasteiger charge is 2.40. The summed E-state index contributed by atoms with van der Waals surface area (Å²) in [6, 6.07) is 6.14. The molecule has 1 amide bonds. The van der Waals surface area contributed by atoms with Crippen molar-refractivity contribution < 1.29 is 14.3 Å². The standard InChI is InChI=1S/C14H16BrNO3/c1-2-18-14(17)16-7-6-9-10-4-3-5-11(15)13(10)19-12(9)8-16/h3-5,9,12H,2,6-8H2,1H3/t9-,12-/m0/s1. The molecule has 0 aromatic heterocycles. The summed E-state index contributed by atoms with van der Waals surface area (Å²) in [4.78, 5) is 13.5. The summed E-state index contributed by atoms with van der Waals surface area (Å²) in [5.41, 5.74) is 1.25. The molecule has 2 atom stereocenters. The van der Waals surface area contributed by atoms with Crippen LogP contribution in [0, 0.1) is 0 Å². The number of amides is 1. The van der Waals surface area contributed by atoms with Gasteiger partial charge in [0.1, 0.15) is 11.9 Å². The largest absolute Gasteiger partial charge is 0.486 e. The van der Waals surface area contributed by atoms with Crippen molar-refractivity contribution in [2.24, 2.45) is 0 Å². The van der Waals surface area contributed by atoms with E-state index in [9.17, 15) is 4.79 Å². The number of rotatable bonds is 1. The number of likely N-dealkylation sites (tertiary alicyclic amines) is 1. The number of fused-ring (bicyclic) bond motifs is 3. The molecule has 0 N–H and O–H groups in total. The maximum absolute atomic E-state index is 11.8. The molecule has 3 rings (SSSR count). The van der Waals surface area contributed by atoms with Crippen LogP contribution in [0.15, 0.2) is 22.7 Å². The van der Waals surface area contributed by atoms with Crippen LogP contribution < -0.4 is 4.74 Å². The normalized spacial score (nSPS) is 24.4. The van der Waals surface area contributed by atoms with Crippen LogP contribution in [0.4, 0.5) is 4.79 Å². The molecule has 19 heavy (non-hydrogen) atoms. The second kappa shape index (κ2) is 5.04. The number of piperidine rings is 1. The molecule has 1 aromatic carbocycles. The van der Waals surface area contributed by atoms with Crippen molar-refractivity contribution >= 4 is 22.0 Å². The van der Waals surface area contributed by atoms with E-state index in [2.05, 4.69) is 22.0 Å². The fourth-order valence-corrected chi connectivity index (χ4v) is 3.34. The van der Waals surface area contributed by atoms with E-state index in [1.165, 1.54) is 5.56 Å². The highest BCUT2D eigenvalue weighted by molar-refractivity contribution is 9.10. The molecular weight excluding hydrogens is 310 g/mol. The SMILES string of the molecule is CCOC(=O)N1CC[C@H]2c3cccc(Br)c3O[C@H]2C1. The van der Waals surface area contributed by atoms with Gasteiger partial charge >= 0.3 is 6.09 Å².